The minimum absolute atomic E-state index is 0.162. The predicted molar refractivity (Wildman–Crippen MR) is 108 cm³/mol. The summed E-state index contributed by atoms with van der Waals surface area (Å²) >= 11 is 6.00. The van der Waals surface area contributed by atoms with Crippen LogP contribution in [0, 0.1) is 11.8 Å². The highest BCUT2D eigenvalue weighted by molar-refractivity contribution is 6.33. The average Bonchev–Trinajstić information content (AvgIpc) is 2.69. The Labute approximate surface area is 166 Å². The van der Waals surface area contributed by atoms with E-state index in [0.717, 1.165) is 31.8 Å². The second-order valence-corrected chi connectivity index (χ2v) is 8.28. The molecule has 0 bridgehead atoms. The number of piperidine rings is 1. The molecule has 6 nitrogen and oxygen atoms in total. The molecule has 0 aromatic carbocycles. The Kier molecular flexibility index (Phi) is 7.19. The van der Waals surface area contributed by atoms with Gasteiger partial charge in [-0.1, -0.05) is 30.9 Å². The third-order valence-corrected chi connectivity index (χ3v) is 6.21. The summed E-state index contributed by atoms with van der Waals surface area (Å²) < 4.78 is 5.16. The molecule has 1 saturated carbocycles. The molecule has 1 amide bonds. The van der Waals surface area contributed by atoms with Crippen LogP contribution in [0.15, 0.2) is 6.07 Å². The number of rotatable bonds is 6. The Morgan fingerprint density at radius 3 is 2.63 bits per heavy atom. The normalized spacial score (nSPS) is 19.8. The average molecular weight is 395 g/mol. The van der Waals surface area contributed by atoms with E-state index in [2.05, 4.69) is 15.2 Å². The molecule has 27 heavy (non-hydrogen) atoms. The van der Waals surface area contributed by atoms with E-state index in [0.29, 0.717) is 18.0 Å². The molecule has 1 saturated heterocycles. The van der Waals surface area contributed by atoms with Gasteiger partial charge in [0, 0.05) is 13.1 Å². The Morgan fingerprint density at radius 2 is 1.96 bits per heavy atom. The number of carbonyl (C=O) groups is 1. The molecule has 3 N–H and O–H groups in total. The first-order valence-corrected chi connectivity index (χ1v) is 10.4. The smallest absolute Gasteiger partial charge is 0.256 e. The molecular formula is C20H31ClN4O2. The fraction of sp³-hybridized carbons (Fsp3) is 0.700. The van der Waals surface area contributed by atoms with Gasteiger partial charge in [0.1, 0.15) is 11.4 Å². The number of pyridine rings is 1. The lowest BCUT2D eigenvalue weighted by Gasteiger charge is -2.35. The lowest BCUT2D eigenvalue weighted by Crippen LogP contribution is -2.40. The van der Waals surface area contributed by atoms with Crippen LogP contribution in [0.2, 0.25) is 5.02 Å². The summed E-state index contributed by atoms with van der Waals surface area (Å²) in [4.78, 5) is 19.2. The van der Waals surface area contributed by atoms with Crippen LogP contribution in [0.5, 0.6) is 5.88 Å². The van der Waals surface area contributed by atoms with Gasteiger partial charge in [0.25, 0.3) is 5.91 Å². The van der Waals surface area contributed by atoms with Crippen LogP contribution in [0.1, 0.15) is 55.3 Å². The molecule has 0 unspecified atom stereocenters. The zero-order valence-corrected chi connectivity index (χ0v) is 16.9. The van der Waals surface area contributed by atoms with Crippen molar-refractivity contribution in [3.8, 4) is 5.88 Å². The van der Waals surface area contributed by atoms with Crippen molar-refractivity contribution < 1.29 is 9.53 Å². The van der Waals surface area contributed by atoms with Crippen molar-refractivity contribution in [2.45, 2.75) is 44.9 Å². The number of carbonyl (C=O) groups excluding carboxylic acids is 1. The number of hydrogen-bond acceptors (Lipinski definition) is 5. The first-order valence-electron chi connectivity index (χ1n) is 10.1. The molecular weight excluding hydrogens is 364 g/mol. The Hall–Kier alpha value is -1.53. The van der Waals surface area contributed by atoms with Gasteiger partial charge >= 0.3 is 0 Å². The highest BCUT2D eigenvalue weighted by Crippen LogP contribution is 2.27. The first-order chi connectivity index (χ1) is 13.1. The monoisotopic (exact) mass is 394 g/mol. The van der Waals surface area contributed by atoms with Crippen LogP contribution >= 0.6 is 11.6 Å². The topological polar surface area (TPSA) is 80.5 Å². The van der Waals surface area contributed by atoms with E-state index in [1.165, 1.54) is 51.8 Å². The molecule has 1 aromatic rings. The number of nitrogens with two attached hydrogens (primary N) is 1. The SMILES string of the molecule is COc1nc(N)c(Cl)cc1C(=O)NCC1CCN(CC2CCCCC2)CC1. The summed E-state index contributed by atoms with van der Waals surface area (Å²) in [5.74, 6) is 1.56. The van der Waals surface area contributed by atoms with Crippen LogP contribution in [-0.4, -0.2) is 49.1 Å². The van der Waals surface area contributed by atoms with Crippen molar-refractivity contribution in [3.05, 3.63) is 16.7 Å². The maximum Gasteiger partial charge on any atom is 0.256 e. The van der Waals surface area contributed by atoms with Crippen molar-refractivity contribution >= 4 is 23.3 Å². The summed E-state index contributed by atoms with van der Waals surface area (Å²) in [6.07, 6.45) is 9.28. The number of halogens is 1. The predicted octanol–water partition coefficient (Wildman–Crippen LogP) is 3.35. The number of nitrogen functional groups attached to an aromatic ring is 1. The maximum atomic E-state index is 12.5. The van der Waals surface area contributed by atoms with Gasteiger partial charge < -0.3 is 20.7 Å². The van der Waals surface area contributed by atoms with Crippen LogP contribution in [0.4, 0.5) is 5.82 Å². The van der Waals surface area contributed by atoms with Gasteiger partial charge in [-0.15, -0.1) is 0 Å². The number of methoxy groups -OCH3 is 1. The van der Waals surface area contributed by atoms with Crippen molar-refractivity contribution in [2.75, 3.05) is 39.0 Å². The van der Waals surface area contributed by atoms with Crippen molar-refractivity contribution in [2.24, 2.45) is 11.8 Å². The first kappa shape index (κ1) is 20.2. The summed E-state index contributed by atoms with van der Waals surface area (Å²) in [5, 5.41) is 3.27. The molecule has 0 spiro atoms. The largest absolute Gasteiger partial charge is 0.480 e. The zero-order valence-electron chi connectivity index (χ0n) is 16.2. The molecule has 1 aromatic heterocycles. The zero-order chi connectivity index (χ0) is 19.2. The Balaban J connectivity index is 1.44. The van der Waals surface area contributed by atoms with Crippen LogP contribution in [0.3, 0.4) is 0 Å². The number of anilines is 1. The Morgan fingerprint density at radius 1 is 1.26 bits per heavy atom. The Bertz CT molecular complexity index is 641. The van der Waals surface area contributed by atoms with E-state index in [-0.39, 0.29) is 22.6 Å². The molecule has 2 fully saturated rings. The third kappa shape index (κ3) is 5.48. The number of aromatic nitrogens is 1. The third-order valence-electron chi connectivity index (χ3n) is 5.91. The van der Waals surface area contributed by atoms with Crippen molar-refractivity contribution in [1.29, 1.82) is 0 Å². The van der Waals surface area contributed by atoms with Crippen LogP contribution in [0.25, 0.3) is 0 Å². The maximum absolute atomic E-state index is 12.5. The molecule has 1 aliphatic carbocycles. The molecule has 0 atom stereocenters. The van der Waals surface area contributed by atoms with Crippen molar-refractivity contribution in [1.82, 2.24) is 15.2 Å². The quantitative estimate of drug-likeness (QED) is 0.773. The molecule has 7 heteroatoms. The van der Waals surface area contributed by atoms with Gasteiger partial charge in [0.05, 0.1) is 12.1 Å². The van der Waals surface area contributed by atoms with Gasteiger partial charge in [-0.25, -0.2) is 0 Å². The van der Waals surface area contributed by atoms with Gasteiger partial charge in [0.2, 0.25) is 5.88 Å². The highest BCUT2D eigenvalue weighted by Gasteiger charge is 2.24. The van der Waals surface area contributed by atoms with E-state index in [9.17, 15) is 4.79 Å². The van der Waals surface area contributed by atoms with Crippen molar-refractivity contribution in [3.63, 3.8) is 0 Å². The second-order valence-electron chi connectivity index (χ2n) is 7.87. The van der Waals surface area contributed by atoms with E-state index in [1.807, 2.05) is 0 Å². The van der Waals surface area contributed by atoms with E-state index in [4.69, 9.17) is 22.1 Å². The number of nitrogens with zero attached hydrogens (tertiary/aromatic N) is 2. The second kappa shape index (κ2) is 9.60. The fourth-order valence-electron chi connectivity index (χ4n) is 4.24. The van der Waals surface area contributed by atoms with Gasteiger partial charge in [-0.05, 0) is 56.7 Å². The van der Waals surface area contributed by atoms with E-state index in [1.54, 1.807) is 0 Å². The molecule has 1 aliphatic heterocycles. The minimum Gasteiger partial charge on any atom is -0.480 e. The van der Waals surface area contributed by atoms with Gasteiger partial charge in [0.15, 0.2) is 0 Å². The number of nitrogens with one attached hydrogen (secondary N) is 1. The summed E-state index contributed by atoms with van der Waals surface area (Å²) in [6, 6.07) is 1.52. The summed E-state index contributed by atoms with van der Waals surface area (Å²) in [5.41, 5.74) is 6.00. The van der Waals surface area contributed by atoms with Gasteiger partial charge in [-0.2, -0.15) is 4.98 Å². The van der Waals surface area contributed by atoms with Gasteiger partial charge in [-0.3, -0.25) is 4.79 Å². The molecule has 0 radical (unpaired) electrons. The fourth-order valence-corrected chi connectivity index (χ4v) is 4.40. The number of likely N-dealkylation sites (tertiary alicyclic amines) is 1. The number of amides is 1. The van der Waals surface area contributed by atoms with E-state index >= 15 is 0 Å². The number of hydrogen-bond donors (Lipinski definition) is 2. The standard InChI is InChI=1S/C20H31ClN4O2/c1-27-20-16(11-17(21)18(22)24-20)19(26)23-12-14-7-9-25(10-8-14)13-15-5-3-2-4-6-15/h11,14-15H,2-10,12-13H2,1H3,(H2,22,24)(H,23,26). The van der Waals surface area contributed by atoms with E-state index < -0.39 is 0 Å². The van der Waals surface area contributed by atoms with Crippen LogP contribution in [-0.2, 0) is 0 Å². The van der Waals surface area contributed by atoms with Crippen LogP contribution < -0.4 is 15.8 Å². The molecule has 2 aliphatic rings. The minimum atomic E-state index is -0.217. The number of ether oxygens (including phenoxy) is 1. The highest BCUT2D eigenvalue weighted by atomic mass is 35.5. The summed E-state index contributed by atoms with van der Waals surface area (Å²) in [6.45, 7) is 4.19. The lowest BCUT2D eigenvalue weighted by atomic mass is 9.88. The molecule has 150 valence electrons. The molecule has 3 rings (SSSR count). The molecule has 2 heterocycles. The summed E-state index contributed by atoms with van der Waals surface area (Å²) in [7, 11) is 1.47. The lowest BCUT2D eigenvalue weighted by molar-refractivity contribution is 0.0927.